The predicted molar refractivity (Wildman–Crippen MR) is 102 cm³/mol. The second-order valence-electron chi connectivity index (χ2n) is 6.06. The van der Waals surface area contributed by atoms with E-state index in [0.717, 1.165) is 11.3 Å². The van der Waals surface area contributed by atoms with Crippen molar-refractivity contribution in [2.24, 2.45) is 0 Å². The van der Waals surface area contributed by atoms with Gasteiger partial charge in [-0.15, -0.1) is 0 Å². The van der Waals surface area contributed by atoms with E-state index in [1.165, 1.54) is 0 Å². The van der Waals surface area contributed by atoms with Crippen LogP contribution in [0.5, 0.6) is 0 Å². The van der Waals surface area contributed by atoms with Gasteiger partial charge in [0.25, 0.3) is 0 Å². The molecule has 5 heteroatoms. The van der Waals surface area contributed by atoms with Gasteiger partial charge in [0.05, 0.1) is 0 Å². The molecule has 25 heavy (non-hydrogen) atoms. The number of carbonyl (C=O) groups excluding carboxylic acids is 2. The van der Waals surface area contributed by atoms with Crippen LogP contribution in [0.1, 0.15) is 18.9 Å². The largest absolute Gasteiger partial charge is 0.378 e. The maximum atomic E-state index is 12.4. The number of nitrogens with zero attached hydrogens (tertiary/aromatic N) is 2. The second-order valence-corrected chi connectivity index (χ2v) is 6.06. The van der Waals surface area contributed by atoms with Crippen LogP contribution in [0.2, 0.25) is 0 Å². The van der Waals surface area contributed by atoms with Crippen LogP contribution in [0, 0.1) is 0 Å². The fraction of sp³-hybridized carbons (Fsp3) is 0.300. The van der Waals surface area contributed by atoms with Gasteiger partial charge in [-0.2, -0.15) is 0 Å². The third-order valence-electron chi connectivity index (χ3n) is 3.93. The standard InChI is InChI=1S/C20H25N3O2/c1-4-23(15-16-8-6-5-7-9-16)20(25)14-19(24)21-17-10-12-18(13-11-17)22(2)3/h5-13H,4,14-15H2,1-3H3,(H,21,24). The van der Waals surface area contributed by atoms with Crippen LogP contribution < -0.4 is 10.2 Å². The molecular weight excluding hydrogens is 314 g/mol. The van der Waals surface area contributed by atoms with E-state index in [4.69, 9.17) is 0 Å². The molecule has 2 aromatic rings. The summed E-state index contributed by atoms with van der Waals surface area (Å²) in [4.78, 5) is 28.2. The molecule has 1 N–H and O–H groups in total. The average Bonchev–Trinajstić information content (AvgIpc) is 2.60. The molecule has 0 saturated carbocycles. The molecule has 0 heterocycles. The van der Waals surface area contributed by atoms with Crippen molar-refractivity contribution in [1.29, 1.82) is 0 Å². The molecule has 0 saturated heterocycles. The Kier molecular flexibility index (Phi) is 6.57. The molecule has 5 nitrogen and oxygen atoms in total. The molecule has 0 unspecified atom stereocenters. The number of rotatable bonds is 7. The van der Waals surface area contributed by atoms with Crippen molar-refractivity contribution in [3.63, 3.8) is 0 Å². The summed E-state index contributed by atoms with van der Waals surface area (Å²) in [5.41, 5.74) is 2.79. The molecule has 0 spiro atoms. The lowest BCUT2D eigenvalue weighted by Crippen LogP contribution is -2.33. The number of carbonyl (C=O) groups is 2. The average molecular weight is 339 g/mol. The van der Waals surface area contributed by atoms with E-state index in [0.29, 0.717) is 18.8 Å². The SMILES string of the molecule is CCN(Cc1ccccc1)C(=O)CC(=O)Nc1ccc(N(C)C)cc1. The summed E-state index contributed by atoms with van der Waals surface area (Å²) in [6, 6.07) is 17.3. The number of nitrogens with one attached hydrogen (secondary N) is 1. The van der Waals surface area contributed by atoms with Crippen molar-refractivity contribution in [2.45, 2.75) is 19.9 Å². The van der Waals surface area contributed by atoms with Crippen molar-refractivity contribution in [3.8, 4) is 0 Å². The molecule has 0 aromatic heterocycles. The van der Waals surface area contributed by atoms with E-state index >= 15 is 0 Å². The van der Waals surface area contributed by atoms with Crippen LogP contribution in [-0.4, -0.2) is 37.4 Å². The summed E-state index contributed by atoms with van der Waals surface area (Å²) in [6.07, 6.45) is -0.157. The minimum absolute atomic E-state index is 0.157. The highest BCUT2D eigenvalue weighted by Gasteiger charge is 2.16. The lowest BCUT2D eigenvalue weighted by atomic mass is 10.2. The van der Waals surface area contributed by atoms with Crippen LogP contribution >= 0.6 is 0 Å². The van der Waals surface area contributed by atoms with Crippen molar-refractivity contribution in [2.75, 3.05) is 30.9 Å². The van der Waals surface area contributed by atoms with Gasteiger partial charge in [0, 0.05) is 38.6 Å². The third kappa shape index (κ3) is 5.64. The van der Waals surface area contributed by atoms with Gasteiger partial charge in [0.1, 0.15) is 6.42 Å². The summed E-state index contributed by atoms with van der Waals surface area (Å²) < 4.78 is 0. The van der Waals surface area contributed by atoms with Gasteiger partial charge in [0.15, 0.2) is 0 Å². The van der Waals surface area contributed by atoms with E-state index < -0.39 is 0 Å². The Labute approximate surface area is 149 Å². The minimum atomic E-state index is -0.297. The molecule has 0 bridgehead atoms. The van der Waals surface area contributed by atoms with E-state index in [2.05, 4.69) is 5.32 Å². The normalized spacial score (nSPS) is 10.2. The first-order valence-electron chi connectivity index (χ1n) is 8.38. The summed E-state index contributed by atoms with van der Waals surface area (Å²) >= 11 is 0. The highest BCUT2D eigenvalue weighted by molar-refractivity contribution is 6.03. The minimum Gasteiger partial charge on any atom is -0.378 e. The molecule has 0 aliphatic carbocycles. The first-order chi connectivity index (χ1) is 12.0. The number of hydrogen-bond donors (Lipinski definition) is 1. The van der Waals surface area contributed by atoms with Gasteiger partial charge in [-0.1, -0.05) is 30.3 Å². The number of anilines is 2. The van der Waals surface area contributed by atoms with Gasteiger partial charge < -0.3 is 15.1 Å². The Bertz CT molecular complexity index is 697. The van der Waals surface area contributed by atoms with Gasteiger partial charge >= 0.3 is 0 Å². The summed E-state index contributed by atoms with van der Waals surface area (Å²) in [5, 5.41) is 2.78. The molecule has 132 valence electrons. The fourth-order valence-electron chi connectivity index (χ4n) is 2.48. The molecule has 2 aromatic carbocycles. The lowest BCUT2D eigenvalue weighted by molar-refractivity contribution is -0.134. The molecule has 0 aliphatic rings. The predicted octanol–water partition coefficient (Wildman–Crippen LogP) is 3.13. The maximum absolute atomic E-state index is 12.4. The Morgan fingerprint density at radius 3 is 2.16 bits per heavy atom. The molecule has 0 atom stereocenters. The van der Waals surface area contributed by atoms with Crippen LogP contribution in [0.4, 0.5) is 11.4 Å². The first kappa shape index (κ1) is 18.5. The Morgan fingerprint density at radius 1 is 0.960 bits per heavy atom. The third-order valence-corrected chi connectivity index (χ3v) is 3.93. The zero-order chi connectivity index (χ0) is 18.2. The zero-order valence-corrected chi connectivity index (χ0v) is 15.0. The Hall–Kier alpha value is -2.82. The molecule has 2 amide bonds. The molecule has 2 rings (SSSR count). The van der Waals surface area contributed by atoms with Gasteiger partial charge in [-0.25, -0.2) is 0 Å². The van der Waals surface area contributed by atoms with Gasteiger partial charge in [-0.05, 0) is 36.8 Å². The highest BCUT2D eigenvalue weighted by atomic mass is 16.2. The number of amides is 2. The van der Waals surface area contributed by atoms with Crippen molar-refractivity contribution >= 4 is 23.2 Å². The number of benzene rings is 2. The molecule has 0 aliphatic heterocycles. The van der Waals surface area contributed by atoms with Crippen LogP contribution in [0.3, 0.4) is 0 Å². The highest BCUT2D eigenvalue weighted by Crippen LogP contribution is 2.16. The van der Waals surface area contributed by atoms with Crippen molar-refractivity contribution in [3.05, 3.63) is 60.2 Å². The Morgan fingerprint density at radius 2 is 1.60 bits per heavy atom. The van der Waals surface area contributed by atoms with Crippen molar-refractivity contribution in [1.82, 2.24) is 4.90 Å². The monoisotopic (exact) mass is 339 g/mol. The van der Waals surface area contributed by atoms with E-state index in [1.54, 1.807) is 4.90 Å². The summed E-state index contributed by atoms with van der Waals surface area (Å²) in [5.74, 6) is -0.470. The molecule has 0 radical (unpaired) electrons. The van der Waals surface area contributed by atoms with E-state index in [9.17, 15) is 9.59 Å². The lowest BCUT2D eigenvalue weighted by Gasteiger charge is -2.21. The van der Waals surface area contributed by atoms with Crippen LogP contribution in [0.15, 0.2) is 54.6 Å². The van der Waals surface area contributed by atoms with Crippen LogP contribution in [0.25, 0.3) is 0 Å². The summed E-state index contributed by atoms with van der Waals surface area (Å²) in [6.45, 7) is 3.00. The molecular formula is C20H25N3O2. The quantitative estimate of drug-likeness (QED) is 0.789. The topological polar surface area (TPSA) is 52.7 Å². The maximum Gasteiger partial charge on any atom is 0.233 e. The van der Waals surface area contributed by atoms with Gasteiger partial charge in [-0.3, -0.25) is 9.59 Å². The van der Waals surface area contributed by atoms with Crippen molar-refractivity contribution < 1.29 is 9.59 Å². The first-order valence-corrected chi connectivity index (χ1v) is 8.38. The Balaban J connectivity index is 1.90. The van der Waals surface area contributed by atoms with Gasteiger partial charge in [0.2, 0.25) is 11.8 Å². The number of hydrogen-bond acceptors (Lipinski definition) is 3. The zero-order valence-electron chi connectivity index (χ0n) is 15.0. The second kappa shape index (κ2) is 8.87. The summed E-state index contributed by atoms with van der Waals surface area (Å²) in [7, 11) is 3.91. The van der Waals surface area contributed by atoms with E-state index in [1.807, 2.05) is 80.5 Å². The fourth-order valence-corrected chi connectivity index (χ4v) is 2.48. The van der Waals surface area contributed by atoms with E-state index in [-0.39, 0.29) is 18.2 Å². The van der Waals surface area contributed by atoms with Crippen LogP contribution in [-0.2, 0) is 16.1 Å². The smallest absolute Gasteiger partial charge is 0.233 e. The molecule has 0 fully saturated rings.